The Labute approximate surface area is 177 Å². The number of guanidine groups is 1. The van der Waals surface area contributed by atoms with Gasteiger partial charge in [0.25, 0.3) is 0 Å². The fourth-order valence-corrected chi connectivity index (χ4v) is 3.03. The summed E-state index contributed by atoms with van der Waals surface area (Å²) >= 11 is 0. The van der Waals surface area contributed by atoms with E-state index in [1.807, 2.05) is 25.1 Å². The summed E-state index contributed by atoms with van der Waals surface area (Å²) in [6, 6.07) is 8.01. The van der Waals surface area contributed by atoms with Gasteiger partial charge in [0, 0.05) is 26.2 Å². The minimum absolute atomic E-state index is 0. The maximum atomic E-state index is 5.91. The molecule has 0 aliphatic carbocycles. The zero-order chi connectivity index (χ0) is 18.2. The molecule has 0 aromatic carbocycles. The number of nitrogens with zero attached hydrogens (tertiary/aromatic N) is 2. The number of morpholine rings is 1. The van der Waals surface area contributed by atoms with Crippen molar-refractivity contribution in [1.82, 2.24) is 15.5 Å². The lowest BCUT2D eigenvalue weighted by Gasteiger charge is -2.33. The second-order valence-corrected chi connectivity index (χ2v) is 6.27. The molecule has 0 radical (unpaired) electrons. The molecule has 150 valence electrons. The van der Waals surface area contributed by atoms with E-state index in [-0.39, 0.29) is 30.0 Å². The van der Waals surface area contributed by atoms with E-state index in [9.17, 15) is 0 Å². The van der Waals surface area contributed by atoms with Crippen molar-refractivity contribution in [2.24, 2.45) is 4.99 Å². The highest BCUT2D eigenvalue weighted by Crippen LogP contribution is 2.23. The van der Waals surface area contributed by atoms with Crippen molar-refractivity contribution in [1.29, 1.82) is 0 Å². The summed E-state index contributed by atoms with van der Waals surface area (Å²) in [5.41, 5.74) is 0. The van der Waals surface area contributed by atoms with E-state index in [1.165, 1.54) is 0 Å². The van der Waals surface area contributed by atoms with Crippen LogP contribution in [-0.2, 0) is 11.3 Å². The normalized spacial score (nSPS) is 16.6. The summed E-state index contributed by atoms with van der Waals surface area (Å²) in [4.78, 5) is 6.99. The number of aliphatic imine (C=N–C) groups is 1. The van der Waals surface area contributed by atoms with E-state index in [2.05, 4.69) is 33.5 Å². The molecule has 1 atom stereocenters. The van der Waals surface area contributed by atoms with Gasteiger partial charge in [0.15, 0.2) is 5.96 Å². The Morgan fingerprint density at radius 1 is 1.22 bits per heavy atom. The second-order valence-electron chi connectivity index (χ2n) is 6.27. The Balaban J connectivity index is 0.00000261. The van der Waals surface area contributed by atoms with Gasteiger partial charge in [-0.05, 0) is 38.1 Å². The van der Waals surface area contributed by atoms with Gasteiger partial charge in [0.05, 0.1) is 25.5 Å². The van der Waals surface area contributed by atoms with E-state index < -0.39 is 0 Å². The molecule has 0 bridgehead atoms. The van der Waals surface area contributed by atoms with Gasteiger partial charge in [-0.2, -0.15) is 0 Å². The minimum atomic E-state index is 0. The van der Waals surface area contributed by atoms with Crippen molar-refractivity contribution < 1.29 is 13.6 Å². The molecule has 3 heterocycles. The number of ether oxygens (including phenoxy) is 1. The zero-order valence-corrected chi connectivity index (χ0v) is 18.3. The molecule has 1 fully saturated rings. The Kier molecular flexibility index (Phi) is 9.16. The van der Waals surface area contributed by atoms with Crippen molar-refractivity contribution in [3.8, 4) is 0 Å². The summed E-state index contributed by atoms with van der Waals surface area (Å²) in [7, 11) is 0. The second kappa shape index (κ2) is 11.4. The third-order valence-electron chi connectivity index (χ3n) is 4.36. The summed E-state index contributed by atoms with van der Waals surface area (Å²) in [5.74, 6) is 3.51. The van der Waals surface area contributed by atoms with E-state index in [0.717, 1.165) is 56.1 Å². The molecule has 2 N–H and O–H groups in total. The van der Waals surface area contributed by atoms with Gasteiger partial charge < -0.3 is 24.2 Å². The van der Waals surface area contributed by atoms with Gasteiger partial charge in [-0.15, -0.1) is 24.0 Å². The van der Waals surface area contributed by atoms with E-state index in [1.54, 1.807) is 6.26 Å². The van der Waals surface area contributed by atoms with Gasteiger partial charge in [-0.3, -0.25) is 4.90 Å². The molecule has 1 unspecified atom stereocenters. The maximum absolute atomic E-state index is 5.91. The van der Waals surface area contributed by atoms with Crippen molar-refractivity contribution in [3.05, 3.63) is 47.8 Å². The minimum Gasteiger partial charge on any atom is -0.467 e. The van der Waals surface area contributed by atoms with Crippen LogP contribution in [-0.4, -0.2) is 50.3 Å². The number of rotatable bonds is 7. The Morgan fingerprint density at radius 2 is 2.04 bits per heavy atom. The lowest BCUT2D eigenvalue weighted by atomic mass is 10.1. The quantitative estimate of drug-likeness (QED) is 0.355. The summed E-state index contributed by atoms with van der Waals surface area (Å²) < 4.78 is 16.8. The molecule has 0 saturated carbocycles. The van der Waals surface area contributed by atoms with Crippen LogP contribution in [0.15, 0.2) is 44.4 Å². The topological polar surface area (TPSA) is 75.2 Å². The molecular formula is C19H29IN4O3. The number of hydrogen-bond donors (Lipinski definition) is 2. The van der Waals surface area contributed by atoms with Crippen molar-refractivity contribution in [2.45, 2.75) is 26.4 Å². The Bertz CT molecular complexity index is 681. The fourth-order valence-electron chi connectivity index (χ4n) is 3.03. The maximum Gasteiger partial charge on any atom is 0.191 e. The molecule has 7 nitrogen and oxygen atoms in total. The molecule has 0 amide bonds. The largest absolute Gasteiger partial charge is 0.467 e. The number of nitrogens with one attached hydrogen (secondary N) is 2. The highest BCUT2D eigenvalue weighted by atomic mass is 127. The van der Waals surface area contributed by atoms with Crippen LogP contribution in [0.5, 0.6) is 0 Å². The third-order valence-corrected chi connectivity index (χ3v) is 4.36. The lowest BCUT2D eigenvalue weighted by molar-refractivity contribution is 0.0124. The number of furan rings is 2. The first-order valence-electron chi connectivity index (χ1n) is 9.19. The van der Waals surface area contributed by atoms with Gasteiger partial charge in [0.1, 0.15) is 23.8 Å². The first kappa shape index (κ1) is 21.8. The molecule has 2 aromatic rings. The van der Waals surface area contributed by atoms with Crippen LogP contribution in [0.3, 0.4) is 0 Å². The first-order chi connectivity index (χ1) is 12.8. The summed E-state index contributed by atoms with van der Waals surface area (Å²) in [6.45, 7) is 9.33. The van der Waals surface area contributed by atoms with E-state index >= 15 is 0 Å². The van der Waals surface area contributed by atoms with Crippen LogP contribution < -0.4 is 10.6 Å². The SMILES string of the molecule is CCNC(=NCc1ccco1)NCC(c1ccc(C)o1)N1CCOCC1.I. The number of aryl methyl sites for hydroxylation is 1. The molecule has 1 aliphatic heterocycles. The monoisotopic (exact) mass is 488 g/mol. The van der Waals surface area contributed by atoms with Crippen molar-refractivity contribution in [2.75, 3.05) is 39.4 Å². The van der Waals surface area contributed by atoms with Crippen LogP contribution in [0.25, 0.3) is 0 Å². The van der Waals surface area contributed by atoms with Crippen molar-refractivity contribution >= 4 is 29.9 Å². The van der Waals surface area contributed by atoms with E-state index in [4.69, 9.17) is 13.6 Å². The van der Waals surface area contributed by atoms with Crippen LogP contribution in [0.1, 0.15) is 30.2 Å². The predicted octanol–water partition coefficient (Wildman–Crippen LogP) is 2.93. The summed E-state index contributed by atoms with van der Waals surface area (Å²) in [6.07, 6.45) is 1.67. The molecule has 0 spiro atoms. The third kappa shape index (κ3) is 6.54. The van der Waals surface area contributed by atoms with Gasteiger partial charge in [-0.1, -0.05) is 0 Å². The average Bonchev–Trinajstić information content (AvgIpc) is 3.32. The molecule has 8 heteroatoms. The Hall–Kier alpha value is -1.52. The van der Waals surface area contributed by atoms with Gasteiger partial charge in [0.2, 0.25) is 0 Å². The average molecular weight is 488 g/mol. The molecule has 1 aliphatic rings. The zero-order valence-electron chi connectivity index (χ0n) is 15.9. The molecular weight excluding hydrogens is 459 g/mol. The van der Waals surface area contributed by atoms with Gasteiger partial charge >= 0.3 is 0 Å². The van der Waals surface area contributed by atoms with Crippen molar-refractivity contribution in [3.63, 3.8) is 0 Å². The number of hydrogen-bond acceptors (Lipinski definition) is 5. The molecule has 3 rings (SSSR count). The molecule has 2 aromatic heterocycles. The standard InChI is InChI=1S/C19H28N4O3.HI/c1-3-20-19(21-13-16-5-4-10-25-16)22-14-17(18-7-6-15(2)26-18)23-8-11-24-12-9-23;/h4-7,10,17H,3,8-9,11-14H2,1-2H3,(H2,20,21,22);1H. The van der Waals surface area contributed by atoms with Crippen LogP contribution in [0, 0.1) is 6.92 Å². The van der Waals surface area contributed by atoms with Crippen LogP contribution >= 0.6 is 24.0 Å². The fraction of sp³-hybridized carbons (Fsp3) is 0.526. The smallest absolute Gasteiger partial charge is 0.191 e. The lowest BCUT2D eigenvalue weighted by Crippen LogP contribution is -2.46. The highest BCUT2D eigenvalue weighted by molar-refractivity contribution is 14.0. The van der Waals surface area contributed by atoms with Crippen LogP contribution in [0.2, 0.25) is 0 Å². The first-order valence-corrected chi connectivity index (χ1v) is 9.19. The highest BCUT2D eigenvalue weighted by Gasteiger charge is 2.25. The van der Waals surface area contributed by atoms with Crippen LogP contribution in [0.4, 0.5) is 0 Å². The number of halogens is 1. The van der Waals surface area contributed by atoms with Gasteiger partial charge in [-0.25, -0.2) is 4.99 Å². The predicted molar refractivity (Wildman–Crippen MR) is 116 cm³/mol. The Morgan fingerprint density at radius 3 is 2.67 bits per heavy atom. The summed E-state index contributed by atoms with van der Waals surface area (Å²) in [5, 5.41) is 6.73. The van der Waals surface area contributed by atoms with E-state index in [0.29, 0.717) is 13.1 Å². The molecule has 27 heavy (non-hydrogen) atoms. The molecule has 1 saturated heterocycles.